The Bertz CT molecular complexity index is 1440. The van der Waals surface area contributed by atoms with Crippen molar-refractivity contribution in [2.45, 2.75) is 36.2 Å². The molecule has 0 aliphatic rings. The Morgan fingerprint density at radius 2 is 1.67 bits per heavy atom. The first-order chi connectivity index (χ1) is 17.3. The normalized spacial score (nSPS) is 11.8. The van der Waals surface area contributed by atoms with E-state index in [-0.39, 0.29) is 4.90 Å². The fourth-order valence-corrected chi connectivity index (χ4v) is 6.81. The maximum absolute atomic E-state index is 13.1. The predicted molar refractivity (Wildman–Crippen MR) is 147 cm³/mol. The first-order valence-corrected chi connectivity index (χ1v) is 14.7. The van der Waals surface area contributed by atoms with Gasteiger partial charge >= 0.3 is 0 Å². The van der Waals surface area contributed by atoms with Crippen molar-refractivity contribution < 1.29 is 8.42 Å². The molecule has 1 aromatic heterocycles. The molecule has 0 aliphatic heterocycles. The van der Waals surface area contributed by atoms with Gasteiger partial charge in [-0.1, -0.05) is 97.3 Å². The lowest BCUT2D eigenvalue weighted by Gasteiger charge is -2.19. The maximum atomic E-state index is 13.1. The van der Waals surface area contributed by atoms with Crippen molar-refractivity contribution in [2.24, 2.45) is 0 Å². The molecule has 4 rings (SSSR count). The molecule has 0 atom stereocenters. The Morgan fingerprint density at radius 1 is 0.917 bits per heavy atom. The highest BCUT2D eigenvalue weighted by atomic mass is 35.5. The van der Waals surface area contributed by atoms with Crippen LogP contribution in [0.25, 0.3) is 11.4 Å². The van der Waals surface area contributed by atoms with Crippen LogP contribution >= 0.6 is 35.0 Å². The smallest absolute Gasteiger partial charge is 0.243 e. The molecule has 36 heavy (non-hydrogen) atoms. The van der Waals surface area contributed by atoms with Crippen LogP contribution in [0.15, 0.2) is 82.8 Å². The summed E-state index contributed by atoms with van der Waals surface area (Å²) in [4.78, 5) is 0.236. The van der Waals surface area contributed by atoms with Crippen molar-refractivity contribution in [1.29, 1.82) is 0 Å². The van der Waals surface area contributed by atoms with Gasteiger partial charge in [0, 0.05) is 34.5 Å². The monoisotopic (exact) mass is 560 g/mol. The number of rotatable bonds is 10. The minimum absolute atomic E-state index is 0.236. The quantitative estimate of drug-likeness (QED) is 0.204. The topological polar surface area (TPSA) is 68.1 Å². The zero-order valence-corrected chi connectivity index (χ0v) is 23.1. The third-order valence-corrected chi connectivity index (χ3v) is 9.36. The van der Waals surface area contributed by atoms with Gasteiger partial charge in [-0.3, -0.25) is 4.57 Å². The zero-order chi connectivity index (χ0) is 25.7. The van der Waals surface area contributed by atoms with E-state index in [1.54, 1.807) is 24.3 Å². The molecular weight excluding hydrogens is 535 g/mol. The molecule has 0 saturated heterocycles. The minimum Gasteiger partial charge on any atom is -0.298 e. The number of benzene rings is 3. The molecule has 0 unspecified atom stereocenters. The summed E-state index contributed by atoms with van der Waals surface area (Å²) >= 11 is 13.9. The molecule has 188 valence electrons. The summed E-state index contributed by atoms with van der Waals surface area (Å²) in [5.41, 5.74) is 2.70. The van der Waals surface area contributed by atoms with Crippen molar-refractivity contribution in [3.8, 4) is 11.4 Å². The molecule has 4 aromatic rings. The van der Waals surface area contributed by atoms with E-state index in [0.29, 0.717) is 52.0 Å². The van der Waals surface area contributed by atoms with Crippen LogP contribution in [0.3, 0.4) is 0 Å². The molecule has 0 radical (unpaired) electrons. The summed E-state index contributed by atoms with van der Waals surface area (Å²) in [5, 5.41) is 10.8. The van der Waals surface area contributed by atoms with Gasteiger partial charge in [0.15, 0.2) is 11.0 Å². The van der Waals surface area contributed by atoms with Gasteiger partial charge in [0.05, 0.1) is 11.4 Å². The van der Waals surface area contributed by atoms with E-state index in [1.807, 2.05) is 66.9 Å². The van der Waals surface area contributed by atoms with Gasteiger partial charge < -0.3 is 0 Å². The predicted octanol–water partition coefficient (Wildman–Crippen LogP) is 6.62. The summed E-state index contributed by atoms with van der Waals surface area (Å²) in [5.74, 6) is 1.18. The Morgan fingerprint density at radius 3 is 2.36 bits per heavy atom. The van der Waals surface area contributed by atoms with Gasteiger partial charge in [-0.2, -0.15) is 4.31 Å². The average molecular weight is 562 g/mol. The molecule has 0 bridgehead atoms. The Labute approximate surface area is 226 Å². The molecule has 0 amide bonds. The molecule has 0 spiro atoms. The minimum atomic E-state index is -3.61. The molecule has 0 N–H and O–H groups in total. The second-order valence-corrected chi connectivity index (χ2v) is 11.7. The van der Waals surface area contributed by atoms with Crippen LogP contribution < -0.4 is 0 Å². The highest BCUT2D eigenvalue weighted by molar-refractivity contribution is 7.98. The van der Waals surface area contributed by atoms with Crippen LogP contribution in [0.5, 0.6) is 0 Å². The average Bonchev–Trinajstić information content (AvgIpc) is 3.27. The lowest BCUT2D eigenvalue weighted by Crippen LogP contribution is -2.30. The summed E-state index contributed by atoms with van der Waals surface area (Å²) in [7, 11) is -3.61. The van der Waals surface area contributed by atoms with Gasteiger partial charge in [-0.25, -0.2) is 8.42 Å². The van der Waals surface area contributed by atoms with Crippen LogP contribution in [-0.2, 0) is 22.3 Å². The van der Waals surface area contributed by atoms with E-state index in [9.17, 15) is 8.42 Å². The zero-order valence-electron chi connectivity index (χ0n) is 19.9. The van der Waals surface area contributed by atoms with E-state index in [4.69, 9.17) is 23.2 Å². The largest absolute Gasteiger partial charge is 0.298 e. The fourth-order valence-electron chi connectivity index (χ4n) is 3.81. The highest BCUT2D eigenvalue weighted by Gasteiger charge is 2.23. The van der Waals surface area contributed by atoms with Gasteiger partial charge in [0.25, 0.3) is 0 Å². The SMILES string of the molecule is CCN(CC)S(=O)(=O)c1cccc(-c2nnc(SCc3ccc(Cl)cc3Cl)n2Cc2ccccc2)c1. The number of nitrogens with zero attached hydrogens (tertiary/aromatic N) is 4. The number of aromatic nitrogens is 3. The molecule has 0 fully saturated rings. The number of hydrogen-bond acceptors (Lipinski definition) is 5. The Kier molecular flexibility index (Phi) is 8.74. The standard InChI is InChI=1S/C26H26Cl2N4O2S2/c1-3-31(4-2)36(33,34)23-12-8-11-20(15-23)25-29-30-26(32(25)17-19-9-6-5-7-10-19)35-18-21-13-14-22(27)16-24(21)28/h5-16H,3-4,17-18H2,1-2H3. The van der Waals surface area contributed by atoms with Crippen LogP contribution in [0.1, 0.15) is 25.0 Å². The van der Waals surface area contributed by atoms with Gasteiger partial charge in [0.1, 0.15) is 0 Å². The second kappa shape index (κ2) is 11.8. The molecule has 6 nitrogen and oxygen atoms in total. The van der Waals surface area contributed by atoms with Gasteiger partial charge in [-0.15, -0.1) is 10.2 Å². The van der Waals surface area contributed by atoms with E-state index in [0.717, 1.165) is 11.1 Å². The van der Waals surface area contributed by atoms with E-state index in [2.05, 4.69) is 10.2 Å². The van der Waals surface area contributed by atoms with Crippen molar-refractivity contribution in [1.82, 2.24) is 19.1 Å². The van der Waals surface area contributed by atoms with Crippen molar-refractivity contribution >= 4 is 45.0 Å². The second-order valence-electron chi connectivity index (χ2n) is 8.02. The number of hydrogen-bond donors (Lipinski definition) is 0. The molecular formula is C26H26Cl2N4O2S2. The molecule has 1 heterocycles. The molecule has 0 aliphatic carbocycles. The van der Waals surface area contributed by atoms with Crippen LogP contribution in [-0.4, -0.2) is 40.6 Å². The van der Waals surface area contributed by atoms with Gasteiger partial charge in [-0.05, 0) is 35.4 Å². The van der Waals surface area contributed by atoms with Crippen molar-refractivity contribution in [3.05, 3.63) is 94.0 Å². The first-order valence-electron chi connectivity index (χ1n) is 11.5. The maximum Gasteiger partial charge on any atom is 0.243 e. The van der Waals surface area contributed by atoms with E-state index >= 15 is 0 Å². The number of halogens is 2. The third-order valence-electron chi connectivity index (χ3n) is 5.71. The van der Waals surface area contributed by atoms with Crippen LogP contribution in [0, 0.1) is 0 Å². The van der Waals surface area contributed by atoms with Crippen molar-refractivity contribution in [2.75, 3.05) is 13.1 Å². The molecule has 0 saturated carbocycles. The lowest BCUT2D eigenvalue weighted by atomic mass is 10.2. The lowest BCUT2D eigenvalue weighted by molar-refractivity contribution is 0.445. The fraction of sp³-hybridized carbons (Fsp3) is 0.231. The van der Waals surface area contributed by atoms with Crippen LogP contribution in [0.2, 0.25) is 10.0 Å². The van der Waals surface area contributed by atoms with E-state index < -0.39 is 10.0 Å². The third kappa shape index (κ3) is 5.95. The number of thioether (sulfide) groups is 1. The summed E-state index contributed by atoms with van der Waals surface area (Å²) in [6, 6.07) is 22.3. The summed E-state index contributed by atoms with van der Waals surface area (Å²) in [6.07, 6.45) is 0. The summed E-state index contributed by atoms with van der Waals surface area (Å²) in [6.45, 7) is 5.01. The van der Waals surface area contributed by atoms with E-state index in [1.165, 1.54) is 16.1 Å². The Hall–Kier alpha value is -2.36. The number of sulfonamides is 1. The molecule has 10 heteroatoms. The van der Waals surface area contributed by atoms with Crippen LogP contribution in [0.4, 0.5) is 0 Å². The Balaban J connectivity index is 1.72. The first kappa shape index (κ1) is 26.7. The van der Waals surface area contributed by atoms with Gasteiger partial charge in [0.2, 0.25) is 10.0 Å². The van der Waals surface area contributed by atoms with Crippen molar-refractivity contribution in [3.63, 3.8) is 0 Å². The highest BCUT2D eigenvalue weighted by Crippen LogP contribution is 2.31. The molecule has 3 aromatic carbocycles. The summed E-state index contributed by atoms with van der Waals surface area (Å²) < 4.78 is 29.7.